The van der Waals surface area contributed by atoms with Gasteiger partial charge in [0.15, 0.2) is 0 Å². The molecule has 0 unspecified atom stereocenters. The molecule has 1 aromatic carbocycles. The van der Waals surface area contributed by atoms with Crippen LogP contribution < -0.4 is 10.1 Å². The maximum atomic E-state index is 6.06. The second-order valence-corrected chi connectivity index (χ2v) is 5.40. The lowest BCUT2D eigenvalue weighted by Gasteiger charge is -2.15. The van der Waals surface area contributed by atoms with Crippen LogP contribution >= 0.6 is 11.6 Å². The first-order valence-corrected chi connectivity index (χ1v) is 7.32. The summed E-state index contributed by atoms with van der Waals surface area (Å²) < 4.78 is 5.76. The quantitative estimate of drug-likeness (QED) is 0.836. The van der Waals surface area contributed by atoms with Gasteiger partial charge in [-0.15, -0.1) is 0 Å². The van der Waals surface area contributed by atoms with Gasteiger partial charge in [-0.1, -0.05) is 31.4 Å². The number of halogens is 1. The van der Waals surface area contributed by atoms with Crippen molar-refractivity contribution in [2.24, 2.45) is 0 Å². The second-order valence-electron chi connectivity index (χ2n) is 4.96. The van der Waals surface area contributed by atoms with Crippen LogP contribution in [0.3, 0.4) is 0 Å². The third kappa shape index (κ3) is 3.89. The molecule has 100 valence electrons. The number of benzene rings is 1. The molecule has 1 saturated carbocycles. The zero-order valence-electron chi connectivity index (χ0n) is 11.0. The summed E-state index contributed by atoms with van der Waals surface area (Å²) in [6, 6.07) is 6.55. The summed E-state index contributed by atoms with van der Waals surface area (Å²) in [6.07, 6.45) is 6.33. The highest BCUT2D eigenvalue weighted by Gasteiger charge is 2.15. The topological polar surface area (TPSA) is 21.3 Å². The van der Waals surface area contributed by atoms with Crippen molar-refractivity contribution in [2.45, 2.75) is 51.6 Å². The van der Waals surface area contributed by atoms with E-state index in [0.717, 1.165) is 30.3 Å². The fourth-order valence-corrected chi connectivity index (χ4v) is 2.62. The lowest BCUT2D eigenvalue weighted by Crippen LogP contribution is -2.25. The highest BCUT2D eigenvalue weighted by Crippen LogP contribution is 2.24. The van der Waals surface area contributed by atoms with Gasteiger partial charge in [-0.25, -0.2) is 0 Å². The predicted molar refractivity (Wildman–Crippen MR) is 76.3 cm³/mol. The molecular formula is C15H22ClNO. The first-order chi connectivity index (χ1) is 8.79. The van der Waals surface area contributed by atoms with Gasteiger partial charge in [0.1, 0.15) is 5.75 Å². The molecule has 3 heteroatoms. The minimum absolute atomic E-state index is 0.669. The molecule has 0 heterocycles. The molecule has 2 rings (SSSR count). The van der Waals surface area contributed by atoms with Gasteiger partial charge in [-0.3, -0.25) is 0 Å². The van der Waals surface area contributed by atoms with E-state index in [0.29, 0.717) is 6.04 Å². The summed E-state index contributed by atoms with van der Waals surface area (Å²) in [5.41, 5.74) is 1.17. The molecule has 0 spiro atoms. The van der Waals surface area contributed by atoms with Crippen molar-refractivity contribution in [3.05, 3.63) is 28.8 Å². The molecule has 1 aromatic rings. The maximum absolute atomic E-state index is 6.06. The van der Waals surface area contributed by atoms with Crippen LogP contribution in [0.1, 0.15) is 44.6 Å². The third-order valence-electron chi connectivity index (χ3n) is 3.42. The predicted octanol–water partition coefficient (Wildman–Crippen LogP) is 4.16. The van der Waals surface area contributed by atoms with Gasteiger partial charge >= 0.3 is 0 Å². The number of hydrogen-bond donors (Lipinski definition) is 1. The van der Waals surface area contributed by atoms with E-state index in [1.807, 2.05) is 18.2 Å². The molecule has 1 N–H and O–H groups in total. The molecular weight excluding hydrogens is 246 g/mol. The monoisotopic (exact) mass is 267 g/mol. The summed E-state index contributed by atoms with van der Waals surface area (Å²) in [5.74, 6) is 0.965. The molecule has 0 radical (unpaired) electrons. The van der Waals surface area contributed by atoms with Crippen LogP contribution in [0, 0.1) is 0 Å². The van der Waals surface area contributed by atoms with E-state index in [-0.39, 0.29) is 0 Å². The van der Waals surface area contributed by atoms with E-state index in [2.05, 4.69) is 12.2 Å². The SMILES string of the molecule is CCCOc1ccc(Cl)cc1CNC1CCCC1. The van der Waals surface area contributed by atoms with Gasteiger partial charge in [0.2, 0.25) is 0 Å². The summed E-state index contributed by atoms with van der Waals surface area (Å²) in [4.78, 5) is 0. The Labute approximate surface area is 115 Å². The molecule has 1 aliphatic rings. The van der Waals surface area contributed by atoms with Crippen LogP contribution in [-0.4, -0.2) is 12.6 Å². The number of ether oxygens (including phenoxy) is 1. The summed E-state index contributed by atoms with van der Waals surface area (Å²) in [5, 5.41) is 4.38. The van der Waals surface area contributed by atoms with Crippen molar-refractivity contribution in [3.8, 4) is 5.75 Å². The van der Waals surface area contributed by atoms with Crippen molar-refractivity contribution >= 4 is 11.6 Å². The molecule has 18 heavy (non-hydrogen) atoms. The van der Waals surface area contributed by atoms with Crippen LogP contribution in [0.2, 0.25) is 5.02 Å². The van der Waals surface area contributed by atoms with Crippen molar-refractivity contribution in [3.63, 3.8) is 0 Å². The largest absolute Gasteiger partial charge is 0.493 e. The van der Waals surface area contributed by atoms with E-state index in [1.165, 1.54) is 31.2 Å². The van der Waals surface area contributed by atoms with Crippen LogP contribution in [0.15, 0.2) is 18.2 Å². The minimum atomic E-state index is 0.669. The van der Waals surface area contributed by atoms with Gasteiger partial charge in [0, 0.05) is 23.2 Å². The van der Waals surface area contributed by atoms with E-state index < -0.39 is 0 Å². The second kappa shape index (κ2) is 7.01. The molecule has 0 aromatic heterocycles. The molecule has 0 bridgehead atoms. The smallest absolute Gasteiger partial charge is 0.123 e. The lowest BCUT2D eigenvalue weighted by atomic mass is 10.1. The van der Waals surface area contributed by atoms with Gasteiger partial charge < -0.3 is 10.1 Å². The lowest BCUT2D eigenvalue weighted by molar-refractivity contribution is 0.312. The van der Waals surface area contributed by atoms with Crippen LogP contribution in [0.4, 0.5) is 0 Å². The van der Waals surface area contributed by atoms with Crippen molar-refractivity contribution in [2.75, 3.05) is 6.61 Å². The Balaban J connectivity index is 1.97. The van der Waals surface area contributed by atoms with Crippen molar-refractivity contribution in [1.29, 1.82) is 0 Å². The first kappa shape index (κ1) is 13.7. The van der Waals surface area contributed by atoms with Gasteiger partial charge in [-0.2, -0.15) is 0 Å². The Morgan fingerprint density at radius 2 is 2.11 bits per heavy atom. The number of nitrogens with one attached hydrogen (secondary N) is 1. The summed E-state index contributed by atoms with van der Waals surface area (Å²) in [7, 11) is 0. The fraction of sp³-hybridized carbons (Fsp3) is 0.600. The standard InChI is InChI=1S/C15H22ClNO/c1-2-9-18-15-8-7-13(16)10-12(15)11-17-14-5-3-4-6-14/h7-8,10,14,17H,2-6,9,11H2,1H3. The minimum Gasteiger partial charge on any atom is -0.493 e. The fourth-order valence-electron chi connectivity index (χ4n) is 2.42. The molecule has 0 amide bonds. The summed E-state index contributed by atoms with van der Waals surface area (Å²) in [6.45, 7) is 3.73. The maximum Gasteiger partial charge on any atom is 0.123 e. The van der Waals surface area contributed by atoms with E-state index >= 15 is 0 Å². The highest BCUT2D eigenvalue weighted by atomic mass is 35.5. The Bertz CT molecular complexity index is 375. The van der Waals surface area contributed by atoms with Crippen molar-refractivity contribution in [1.82, 2.24) is 5.32 Å². The van der Waals surface area contributed by atoms with Gasteiger partial charge in [0.25, 0.3) is 0 Å². The highest BCUT2D eigenvalue weighted by molar-refractivity contribution is 6.30. The molecule has 2 nitrogen and oxygen atoms in total. The average molecular weight is 268 g/mol. The Morgan fingerprint density at radius 3 is 2.83 bits per heavy atom. The average Bonchev–Trinajstić information content (AvgIpc) is 2.88. The van der Waals surface area contributed by atoms with E-state index in [4.69, 9.17) is 16.3 Å². The summed E-state index contributed by atoms with van der Waals surface area (Å²) >= 11 is 6.06. The van der Waals surface area contributed by atoms with Crippen LogP contribution in [-0.2, 0) is 6.54 Å². The number of rotatable bonds is 6. The zero-order valence-corrected chi connectivity index (χ0v) is 11.8. The molecule has 0 saturated heterocycles. The molecule has 1 aliphatic carbocycles. The Hall–Kier alpha value is -0.730. The van der Waals surface area contributed by atoms with Gasteiger partial charge in [-0.05, 0) is 37.5 Å². The Morgan fingerprint density at radius 1 is 1.33 bits per heavy atom. The van der Waals surface area contributed by atoms with Crippen molar-refractivity contribution < 1.29 is 4.74 Å². The van der Waals surface area contributed by atoms with E-state index in [9.17, 15) is 0 Å². The van der Waals surface area contributed by atoms with E-state index in [1.54, 1.807) is 0 Å². The zero-order chi connectivity index (χ0) is 12.8. The Kier molecular flexibility index (Phi) is 5.33. The third-order valence-corrected chi connectivity index (χ3v) is 3.66. The molecule has 1 fully saturated rings. The normalized spacial score (nSPS) is 16.1. The molecule has 0 atom stereocenters. The van der Waals surface area contributed by atoms with Gasteiger partial charge in [0.05, 0.1) is 6.61 Å². The van der Waals surface area contributed by atoms with Crippen LogP contribution in [0.25, 0.3) is 0 Å². The molecule has 0 aliphatic heterocycles. The number of hydrogen-bond acceptors (Lipinski definition) is 2. The first-order valence-electron chi connectivity index (χ1n) is 6.94. The van der Waals surface area contributed by atoms with Crippen LogP contribution in [0.5, 0.6) is 5.75 Å².